The van der Waals surface area contributed by atoms with Crippen LogP contribution in [0, 0.1) is 0 Å². The summed E-state index contributed by atoms with van der Waals surface area (Å²) in [5.41, 5.74) is 5.48. The van der Waals surface area contributed by atoms with Crippen LogP contribution < -0.4 is 21.5 Å². The average molecular weight is 255 g/mol. The van der Waals surface area contributed by atoms with Crippen LogP contribution in [-0.4, -0.2) is 21.8 Å². The van der Waals surface area contributed by atoms with E-state index in [1.807, 2.05) is 25.1 Å². The third kappa shape index (κ3) is 4.85. The van der Waals surface area contributed by atoms with Crippen molar-refractivity contribution in [2.45, 2.75) is 6.92 Å². The highest BCUT2D eigenvalue weighted by Crippen LogP contribution is 1.98. The zero-order valence-corrected chi connectivity index (χ0v) is 10.4. The summed E-state index contributed by atoms with van der Waals surface area (Å²) in [6.07, 6.45) is 1.68. The molecule has 0 saturated carbocycles. The quantitative estimate of drug-likeness (QED) is 0.460. The molecule has 1 rings (SSSR count). The van der Waals surface area contributed by atoms with Crippen molar-refractivity contribution >= 4 is 40.5 Å². The summed E-state index contributed by atoms with van der Waals surface area (Å²) in [4.78, 5) is 4.07. The van der Waals surface area contributed by atoms with E-state index < -0.39 is 0 Å². The van der Waals surface area contributed by atoms with E-state index in [1.165, 1.54) is 0 Å². The lowest BCUT2D eigenvalue weighted by atomic mass is 10.5. The molecule has 1 heterocycles. The standard InChI is InChI=1S/C9H13N5S2/c1-2-10-8(15)13-14-9(16)12-7-5-3-4-6-11-7/h3-6H,2H2,1H3,(H2,10,13,15)(H2,11,12,14,16). The predicted octanol–water partition coefficient (Wildman–Crippen LogP) is 0.767. The van der Waals surface area contributed by atoms with Crippen LogP contribution in [0.3, 0.4) is 0 Å². The van der Waals surface area contributed by atoms with Crippen molar-refractivity contribution in [3.63, 3.8) is 0 Å². The van der Waals surface area contributed by atoms with Gasteiger partial charge in [-0.3, -0.25) is 10.9 Å². The van der Waals surface area contributed by atoms with Crippen LogP contribution in [-0.2, 0) is 0 Å². The zero-order valence-electron chi connectivity index (χ0n) is 8.78. The van der Waals surface area contributed by atoms with Gasteiger partial charge in [-0.25, -0.2) is 4.98 Å². The fourth-order valence-electron chi connectivity index (χ4n) is 0.903. The lowest BCUT2D eigenvalue weighted by Crippen LogP contribution is -2.48. The maximum atomic E-state index is 5.03. The normalized spacial score (nSPS) is 9.06. The van der Waals surface area contributed by atoms with Crippen molar-refractivity contribution < 1.29 is 0 Å². The highest BCUT2D eigenvalue weighted by Gasteiger charge is 1.97. The number of hydrogen-bond donors (Lipinski definition) is 4. The topological polar surface area (TPSA) is 61.0 Å². The first kappa shape index (κ1) is 12.6. The van der Waals surface area contributed by atoms with Gasteiger partial charge in [-0.2, -0.15) is 0 Å². The van der Waals surface area contributed by atoms with Crippen LogP contribution in [0.15, 0.2) is 24.4 Å². The molecule has 0 atom stereocenters. The van der Waals surface area contributed by atoms with E-state index >= 15 is 0 Å². The molecule has 0 saturated heterocycles. The molecule has 0 aliphatic rings. The summed E-state index contributed by atoms with van der Waals surface area (Å²) in [7, 11) is 0. The van der Waals surface area contributed by atoms with E-state index in [0.717, 1.165) is 6.54 Å². The molecule has 86 valence electrons. The minimum atomic E-state index is 0.402. The number of nitrogens with zero attached hydrogens (tertiary/aromatic N) is 1. The van der Waals surface area contributed by atoms with Crippen LogP contribution in [0.25, 0.3) is 0 Å². The summed E-state index contributed by atoms with van der Waals surface area (Å²) in [6, 6.07) is 5.52. The Hall–Kier alpha value is -1.47. The van der Waals surface area contributed by atoms with Gasteiger partial charge in [-0.05, 0) is 43.5 Å². The number of rotatable bonds is 2. The monoisotopic (exact) mass is 255 g/mol. The molecule has 1 aromatic rings. The van der Waals surface area contributed by atoms with Gasteiger partial charge in [-0.15, -0.1) is 0 Å². The van der Waals surface area contributed by atoms with Gasteiger partial charge in [-0.1, -0.05) is 6.07 Å². The van der Waals surface area contributed by atoms with E-state index in [9.17, 15) is 0 Å². The minimum Gasteiger partial charge on any atom is -0.362 e. The first-order valence-corrected chi connectivity index (χ1v) is 5.56. The van der Waals surface area contributed by atoms with E-state index in [-0.39, 0.29) is 0 Å². The minimum absolute atomic E-state index is 0.402. The Morgan fingerprint density at radius 2 is 2.00 bits per heavy atom. The van der Waals surface area contributed by atoms with Gasteiger partial charge in [0.25, 0.3) is 0 Å². The van der Waals surface area contributed by atoms with Gasteiger partial charge in [0.15, 0.2) is 10.2 Å². The zero-order chi connectivity index (χ0) is 11.8. The number of thiocarbonyl (C=S) groups is 2. The molecule has 16 heavy (non-hydrogen) atoms. The van der Waals surface area contributed by atoms with Gasteiger partial charge in [0.1, 0.15) is 5.82 Å². The highest BCUT2D eigenvalue weighted by molar-refractivity contribution is 7.80. The van der Waals surface area contributed by atoms with Crippen molar-refractivity contribution in [2.75, 3.05) is 11.9 Å². The molecule has 0 unspecified atom stereocenters. The van der Waals surface area contributed by atoms with Crippen molar-refractivity contribution in [1.82, 2.24) is 21.2 Å². The molecule has 0 amide bonds. The molecule has 0 radical (unpaired) electrons. The fraction of sp³-hybridized carbons (Fsp3) is 0.222. The van der Waals surface area contributed by atoms with Crippen LogP contribution >= 0.6 is 24.4 Å². The molecule has 0 aliphatic heterocycles. The Kier molecular flexibility index (Phi) is 5.44. The summed E-state index contributed by atoms with van der Waals surface area (Å²) < 4.78 is 0. The number of hydrogen-bond acceptors (Lipinski definition) is 3. The van der Waals surface area contributed by atoms with E-state index in [4.69, 9.17) is 24.4 Å². The number of anilines is 1. The van der Waals surface area contributed by atoms with Crippen LogP contribution in [0.4, 0.5) is 5.82 Å². The predicted molar refractivity (Wildman–Crippen MR) is 73.0 cm³/mol. The smallest absolute Gasteiger partial charge is 0.190 e. The number of aromatic nitrogens is 1. The van der Waals surface area contributed by atoms with Gasteiger partial charge < -0.3 is 10.6 Å². The highest BCUT2D eigenvalue weighted by atomic mass is 32.1. The molecule has 0 aromatic carbocycles. The maximum Gasteiger partial charge on any atom is 0.190 e. The lowest BCUT2D eigenvalue weighted by molar-refractivity contribution is 0.825. The summed E-state index contributed by atoms with van der Waals surface area (Å²) >= 11 is 9.97. The molecular formula is C9H13N5S2. The summed E-state index contributed by atoms with van der Waals surface area (Å²) in [5.74, 6) is 0.677. The van der Waals surface area contributed by atoms with Gasteiger partial charge in [0.05, 0.1) is 0 Å². The number of nitrogens with one attached hydrogen (secondary N) is 4. The summed E-state index contributed by atoms with van der Waals surface area (Å²) in [5, 5.41) is 6.71. The van der Waals surface area contributed by atoms with Crippen molar-refractivity contribution in [3.8, 4) is 0 Å². The molecule has 0 aliphatic carbocycles. The summed E-state index contributed by atoms with van der Waals surface area (Å²) in [6.45, 7) is 2.71. The fourth-order valence-corrected chi connectivity index (χ4v) is 1.25. The molecule has 4 N–H and O–H groups in total. The van der Waals surface area contributed by atoms with E-state index in [1.54, 1.807) is 6.20 Å². The molecule has 0 bridgehead atoms. The van der Waals surface area contributed by atoms with Crippen LogP contribution in [0.2, 0.25) is 0 Å². The van der Waals surface area contributed by atoms with Gasteiger partial charge >= 0.3 is 0 Å². The largest absolute Gasteiger partial charge is 0.362 e. The van der Waals surface area contributed by atoms with Crippen molar-refractivity contribution in [1.29, 1.82) is 0 Å². The van der Waals surface area contributed by atoms with Crippen molar-refractivity contribution in [2.24, 2.45) is 0 Å². The molecule has 0 fully saturated rings. The lowest BCUT2D eigenvalue weighted by Gasteiger charge is -2.12. The molecular weight excluding hydrogens is 242 g/mol. The van der Waals surface area contributed by atoms with Crippen molar-refractivity contribution in [3.05, 3.63) is 24.4 Å². The first-order chi connectivity index (χ1) is 7.72. The molecule has 0 spiro atoms. The van der Waals surface area contributed by atoms with Gasteiger partial charge in [0.2, 0.25) is 0 Å². The average Bonchev–Trinajstić information content (AvgIpc) is 2.28. The molecule has 7 heteroatoms. The molecule has 1 aromatic heterocycles. The van der Waals surface area contributed by atoms with Crippen LogP contribution in [0.5, 0.6) is 0 Å². The Morgan fingerprint density at radius 3 is 2.62 bits per heavy atom. The third-order valence-corrected chi connectivity index (χ3v) is 1.98. The second-order valence-electron chi connectivity index (χ2n) is 2.78. The SMILES string of the molecule is CCNC(=S)NNC(=S)Nc1ccccn1. The Morgan fingerprint density at radius 1 is 1.25 bits per heavy atom. The Balaban J connectivity index is 2.29. The van der Waals surface area contributed by atoms with Crippen LogP contribution in [0.1, 0.15) is 6.92 Å². The number of hydrazine groups is 1. The van der Waals surface area contributed by atoms with E-state index in [0.29, 0.717) is 16.0 Å². The van der Waals surface area contributed by atoms with E-state index in [2.05, 4.69) is 26.5 Å². The Bertz CT molecular complexity index is 354. The van der Waals surface area contributed by atoms with Gasteiger partial charge in [0, 0.05) is 12.7 Å². The number of pyridine rings is 1. The second kappa shape index (κ2) is 6.91. The molecule has 5 nitrogen and oxygen atoms in total. The maximum absolute atomic E-state index is 5.03. The first-order valence-electron chi connectivity index (χ1n) is 4.74. The third-order valence-electron chi connectivity index (χ3n) is 1.53. The second-order valence-corrected chi connectivity index (χ2v) is 3.60. The Labute approximate surface area is 105 Å².